The van der Waals surface area contributed by atoms with Gasteiger partial charge in [-0.3, -0.25) is 4.98 Å². The Kier molecular flexibility index (Phi) is 9.03. The summed E-state index contributed by atoms with van der Waals surface area (Å²) in [5, 5.41) is 11.3. The molecule has 0 saturated carbocycles. The van der Waals surface area contributed by atoms with Crippen molar-refractivity contribution < 1.29 is 26.2 Å². The van der Waals surface area contributed by atoms with E-state index in [-0.39, 0.29) is 26.8 Å². The number of fused-ring (bicyclic) bond motifs is 1. The molecule has 1 N–H and O–H groups in total. The van der Waals surface area contributed by atoms with E-state index in [0.29, 0.717) is 18.3 Å². The Balaban J connectivity index is 0.00000368. The van der Waals surface area contributed by atoms with E-state index < -0.39 is 0 Å². The summed E-state index contributed by atoms with van der Waals surface area (Å²) >= 11 is 0. The molecule has 2 aromatic heterocycles. The fourth-order valence-corrected chi connectivity index (χ4v) is 5.90. The number of aryl methyl sites for hydroxylation is 3. The number of hydrogen-bond acceptors (Lipinski definition) is 3. The van der Waals surface area contributed by atoms with Crippen LogP contribution in [-0.4, -0.2) is 24.2 Å². The third kappa shape index (κ3) is 5.84. The van der Waals surface area contributed by atoms with Crippen molar-refractivity contribution in [1.29, 1.82) is 0 Å². The Morgan fingerprint density at radius 2 is 1.49 bits per heavy atom. The molecular formula is C37H37N4OPt-. The first-order valence-corrected chi connectivity index (χ1v) is 14.7. The minimum atomic E-state index is 0. The summed E-state index contributed by atoms with van der Waals surface area (Å²) in [4.78, 5) is 9.59. The third-order valence-corrected chi connectivity index (χ3v) is 8.13. The van der Waals surface area contributed by atoms with Crippen molar-refractivity contribution in [3.05, 3.63) is 120 Å². The molecule has 6 rings (SSSR count). The van der Waals surface area contributed by atoms with Crippen LogP contribution >= 0.6 is 0 Å². The van der Waals surface area contributed by atoms with Crippen LogP contribution in [0, 0.1) is 6.07 Å². The monoisotopic (exact) mass is 748 g/mol. The summed E-state index contributed by atoms with van der Waals surface area (Å²) in [6.07, 6.45) is 5.37. The Bertz CT molecular complexity index is 1860. The molecule has 4 aromatic carbocycles. The number of phenolic OH excluding ortho intramolecular Hbond substituents is 1. The van der Waals surface area contributed by atoms with Gasteiger partial charge in [0, 0.05) is 46.2 Å². The van der Waals surface area contributed by atoms with Crippen molar-refractivity contribution in [3.8, 4) is 34.2 Å². The number of benzene rings is 4. The SMILES string of the molecule is CC(C)c1cccc(C(C)C)c1-n1ccnc1-c1[c-]c(CCc2cccc(-c3nc4ccccc4n3C)c2O)ccc1.[Pt]. The number of para-hydroxylation sites is 4. The molecule has 0 aliphatic heterocycles. The number of aromatic hydroxyl groups is 1. The number of imidazole rings is 2. The van der Waals surface area contributed by atoms with Crippen LogP contribution in [0.25, 0.3) is 39.5 Å². The minimum absolute atomic E-state index is 0. The predicted molar refractivity (Wildman–Crippen MR) is 171 cm³/mol. The first-order valence-electron chi connectivity index (χ1n) is 14.7. The van der Waals surface area contributed by atoms with Gasteiger partial charge in [-0.05, 0) is 59.6 Å². The van der Waals surface area contributed by atoms with Gasteiger partial charge >= 0.3 is 0 Å². The second-order valence-corrected chi connectivity index (χ2v) is 11.6. The van der Waals surface area contributed by atoms with E-state index in [1.807, 2.05) is 60.3 Å². The summed E-state index contributed by atoms with van der Waals surface area (Å²) in [6.45, 7) is 8.97. The zero-order valence-electron chi connectivity index (χ0n) is 25.3. The average molecular weight is 749 g/mol. The van der Waals surface area contributed by atoms with Crippen molar-refractivity contribution in [2.75, 3.05) is 0 Å². The Hall–Kier alpha value is -3.95. The zero-order valence-corrected chi connectivity index (χ0v) is 27.6. The van der Waals surface area contributed by atoms with Crippen LogP contribution in [0.5, 0.6) is 5.75 Å². The number of nitrogens with zero attached hydrogens (tertiary/aromatic N) is 4. The number of hydrogen-bond donors (Lipinski definition) is 1. The molecule has 6 aromatic rings. The summed E-state index contributed by atoms with van der Waals surface area (Å²) < 4.78 is 4.27. The molecule has 0 bridgehead atoms. The Labute approximate surface area is 268 Å². The van der Waals surface area contributed by atoms with E-state index in [1.165, 1.54) is 16.8 Å². The second kappa shape index (κ2) is 12.7. The van der Waals surface area contributed by atoms with E-state index in [2.05, 4.69) is 80.9 Å². The molecule has 43 heavy (non-hydrogen) atoms. The maximum atomic E-state index is 11.3. The molecule has 0 saturated heterocycles. The van der Waals surface area contributed by atoms with Gasteiger partial charge < -0.3 is 14.2 Å². The standard InChI is InChI=1S/C37H37N4O.Pt/c1-24(2)29-14-10-15-30(25(3)4)34(29)41-22-21-38-36(41)28-13-8-11-26(23-28)19-20-27-12-9-16-31(35(27)42)37-39-32-17-6-7-18-33(32)40(37)5;/h6-18,21-22,24-25,42H,19-20H2,1-5H3;/q-1;. The van der Waals surface area contributed by atoms with E-state index in [1.54, 1.807) is 0 Å². The van der Waals surface area contributed by atoms with Gasteiger partial charge in [-0.25, -0.2) is 4.98 Å². The molecule has 0 radical (unpaired) electrons. The van der Waals surface area contributed by atoms with Crippen LogP contribution in [0.2, 0.25) is 0 Å². The van der Waals surface area contributed by atoms with E-state index >= 15 is 0 Å². The minimum Gasteiger partial charge on any atom is -0.507 e. The van der Waals surface area contributed by atoms with Crippen molar-refractivity contribution in [3.63, 3.8) is 0 Å². The number of phenols is 1. The molecule has 222 valence electrons. The van der Waals surface area contributed by atoms with E-state index in [0.717, 1.165) is 51.4 Å². The van der Waals surface area contributed by atoms with Gasteiger partial charge in [0.2, 0.25) is 0 Å². The first-order chi connectivity index (χ1) is 20.3. The van der Waals surface area contributed by atoms with Crippen LogP contribution in [-0.2, 0) is 41.0 Å². The molecule has 0 spiro atoms. The smallest absolute Gasteiger partial charge is 0.144 e. The van der Waals surface area contributed by atoms with Crippen LogP contribution in [0.15, 0.2) is 91.3 Å². The number of aromatic nitrogens is 4. The summed E-state index contributed by atoms with van der Waals surface area (Å²) in [5.41, 5.74) is 9.49. The molecule has 5 nitrogen and oxygen atoms in total. The molecule has 0 aliphatic rings. The van der Waals surface area contributed by atoms with Crippen molar-refractivity contribution in [2.45, 2.75) is 52.4 Å². The van der Waals surface area contributed by atoms with Gasteiger partial charge in [0.25, 0.3) is 0 Å². The topological polar surface area (TPSA) is 55.9 Å². The van der Waals surface area contributed by atoms with Gasteiger partial charge in [-0.1, -0.05) is 70.2 Å². The number of rotatable bonds is 8. The molecule has 0 aliphatic carbocycles. The van der Waals surface area contributed by atoms with Gasteiger partial charge in [0.15, 0.2) is 0 Å². The van der Waals surface area contributed by atoms with Crippen LogP contribution in [0.1, 0.15) is 61.8 Å². The van der Waals surface area contributed by atoms with Crippen molar-refractivity contribution in [2.24, 2.45) is 7.05 Å². The third-order valence-electron chi connectivity index (χ3n) is 8.13. The van der Waals surface area contributed by atoms with Crippen LogP contribution in [0.4, 0.5) is 0 Å². The summed E-state index contributed by atoms with van der Waals surface area (Å²) in [6, 6.07) is 30.5. The molecule has 0 unspecified atom stereocenters. The molecule has 0 amide bonds. The fraction of sp³-hybridized carbons (Fsp3) is 0.243. The summed E-state index contributed by atoms with van der Waals surface area (Å²) in [5.74, 6) is 2.71. The molecular weight excluding hydrogens is 712 g/mol. The maximum absolute atomic E-state index is 11.3. The maximum Gasteiger partial charge on any atom is 0.144 e. The van der Waals surface area contributed by atoms with Crippen LogP contribution < -0.4 is 0 Å². The van der Waals surface area contributed by atoms with Gasteiger partial charge in [0.05, 0.1) is 22.4 Å². The molecule has 2 heterocycles. The fourth-order valence-electron chi connectivity index (χ4n) is 5.90. The van der Waals surface area contributed by atoms with Crippen molar-refractivity contribution in [1.82, 2.24) is 19.1 Å². The summed E-state index contributed by atoms with van der Waals surface area (Å²) in [7, 11) is 1.99. The van der Waals surface area contributed by atoms with Gasteiger partial charge in [-0.15, -0.1) is 35.4 Å². The second-order valence-electron chi connectivity index (χ2n) is 11.6. The van der Waals surface area contributed by atoms with Gasteiger partial charge in [0.1, 0.15) is 11.6 Å². The van der Waals surface area contributed by atoms with Crippen molar-refractivity contribution >= 4 is 11.0 Å². The molecule has 0 atom stereocenters. The molecule has 0 fully saturated rings. The average Bonchev–Trinajstić information content (AvgIpc) is 3.61. The normalized spacial score (nSPS) is 11.4. The quantitative estimate of drug-likeness (QED) is 0.159. The van der Waals surface area contributed by atoms with Gasteiger partial charge in [-0.2, -0.15) is 0 Å². The Morgan fingerprint density at radius 3 is 2.21 bits per heavy atom. The Morgan fingerprint density at radius 1 is 0.791 bits per heavy atom. The first kappa shape index (κ1) is 30.5. The largest absolute Gasteiger partial charge is 0.507 e. The van der Waals surface area contributed by atoms with Crippen LogP contribution in [0.3, 0.4) is 0 Å². The zero-order chi connectivity index (χ0) is 29.4. The van der Waals surface area contributed by atoms with E-state index in [9.17, 15) is 5.11 Å². The predicted octanol–water partition coefficient (Wildman–Crippen LogP) is 8.63. The molecule has 6 heteroatoms. The van der Waals surface area contributed by atoms with E-state index in [4.69, 9.17) is 9.97 Å².